The number of aromatic nitrogens is 2. The minimum absolute atomic E-state index is 0.225. The number of rotatable bonds is 3. The van der Waals surface area contributed by atoms with E-state index < -0.39 is 0 Å². The van der Waals surface area contributed by atoms with Crippen LogP contribution in [0.1, 0.15) is 29.4 Å². The van der Waals surface area contributed by atoms with Crippen molar-refractivity contribution >= 4 is 15.9 Å². The molecule has 0 fully saturated rings. The summed E-state index contributed by atoms with van der Waals surface area (Å²) < 4.78 is 16.0. The van der Waals surface area contributed by atoms with Gasteiger partial charge >= 0.3 is 0 Å². The second-order valence-electron chi connectivity index (χ2n) is 4.44. The fourth-order valence-corrected chi connectivity index (χ4v) is 2.79. The topological polar surface area (TPSA) is 17.8 Å². The van der Waals surface area contributed by atoms with Gasteiger partial charge in [-0.15, -0.1) is 0 Å². The second kappa shape index (κ2) is 5.22. The highest BCUT2D eigenvalue weighted by atomic mass is 79.9. The monoisotopic (exact) mass is 310 g/mol. The molecule has 18 heavy (non-hydrogen) atoms. The van der Waals surface area contributed by atoms with E-state index in [9.17, 15) is 4.39 Å². The average molecular weight is 311 g/mol. The molecular formula is C14H16BrFN2. The second-order valence-corrected chi connectivity index (χ2v) is 5.35. The lowest BCUT2D eigenvalue weighted by Crippen LogP contribution is -2.04. The van der Waals surface area contributed by atoms with E-state index in [1.165, 1.54) is 11.6 Å². The number of aryl methyl sites for hydroxylation is 1. The predicted molar refractivity (Wildman–Crippen MR) is 74.3 cm³/mol. The van der Waals surface area contributed by atoms with Crippen LogP contribution in [0.4, 0.5) is 4.39 Å². The molecule has 0 bridgehead atoms. The van der Waals surface area contributed by atoms with Crippen LogP contribution in [-0.2, 0) is 13.0 Å². The molecule has 0 unspecified atom stereocenters. The maximum Gasteiger partial charge on any atom is 0.124 e. The predicted octanol–water partition coefficient (Wildman–Crippen LogP) is 4.01. The van der Waals surface area contributed by atoms with Gasteiger partial charge in [-0.3, -0.25) is 4.68 Å². The molecule has 0 spiro atoms. The molecule has 0 saturated heterocycles. The van der Waals surface area contributed by atoms with Gasteiger partial charge < -0.3 is 0 Å². The first-order valence-corrected chi connectivity index (χ1v) is 6.78. The third-order valence-corrected chi connectivity index (χ3v) is 3.60. The Kier molecular flexibility index (Phi) is 3.85. The highest BCUT2D eigenvalue weighted by molar-refractivity contribution is 9.10. The van der Waals surface area contributed by atoms with Crippen LogP contribution in [0.15, 0.2) is 22.7 Å². The Hall–Kier alpha value is -1.16. The molecule has 0 saturated carbocycles. The summed E-state index contributed by atoms with van der Waals surface area (Å²) in [4.78, 5) is 0. The maximum atomic E-state index is 13.3. The molecular weight excluding hydrogens is 295 g/mol. The molecule has 1 heterocycles. The van der Waals surface area contributed by atoms with Crippen LogP contribution in [0.25, 0.3) is 0 Å². The number of halogens is 2. The van der Waals surface area contributed by atoms with Crippen molar-refractivity contribution in [3.63, 3.8) is 0 Å². The first-order chi connectivity index (χ1) is 8.51. The van der Waals surface area contributed by atoms with Crippen molar-refractivity contribution < 1.29 is 4.39 Å². The summed E-state index contributed by atoms with van der Waals surface area (Å²) in [5.74, 6) is -0.225. The lowest BCUT2D eigenvalue weighted by molar-refractivity contribution is 0.614. The molecule has 1 aromatic heterocycles. The minimum Gasteiger partial charge on any atom is -0.265 e. The van der Waals surface area contributed by atoms with Gasteiger partial charge in [-0.25, -0.2) is 4.39 Å². The van der Waals surface area contributed by atoms with E-state index in [0.717, 1.165) is 27.8 Å². The van der Waals surface area contributed by atoms with Crippen LogP contribution in [-0.4, -0.2) is 9.78 Å². The summed E-state index contributed by atoms with van der Waals surface area (Å²) in [6.07, 6.45) is 0.977. The fraction of sp³-hybridized carbons (Fsp3) is 0.357. The van der Waals surface area contributed by atoms with Crippen LogP contribution in [0, 0.1) is 19.7 Å². The van der Waals surface area contributed by atoms with Gasteiger partial charge in [0.25, 0.3) is 0 Å². The smallest absolute Gasteiger partial charge is 0.124 e. The van der Waals surface area contributed by atoms with E-state index in [4.69, 9.17) is 0 Å². The number of nitrogens with zero attached hydrogens (tertiary/aromatic N) is 2. The third-order valence-electron chi connectivity index (χ3n) is 3.14. The highest BCUT2D eigenvalue weighted by Crippen LogP contribution is 2.18. The first kappa shape index (κ1) is 13.3. The Morgan fingerprint density at radius 3 is 2.56 bits per heavy atom. The van der Waals surface area contributed by atoms with Crippen molar-refractivity contribution in [2.45, 2.75) is 33.7 Å². The fourth-order valence-electron chi connectivity index (χ4n) is 2.27. The Morgan fingerprint density at radius 1 is 1.28 bits per heavy atom. The number of hydrogen-bond donors (Lipinski definition) is 0. The van der Waals surface area contributed by atoms with Gasteiger partial charge in [0.05, 0.1) is 12.2 Å². The zero-order chi connectivity index (χ0) is 13.3. The molecule has 1 aromatic carbocycles. The largest absolute Gasteiger partial charge is 0.265 e. The van der Waals surface area contributed by atoms with E-state index in [-0.39, 0.29) is 5.82 Å². The van der Waals surface area contributed by atoms with E-state index in [1.807, 2.05) is 17.7 Å². The number of benzene rings is 1. The van der Waals surface area contributed by atoms with Gasteiger partial charge in [0.1, 0.15) is 5.82 Å². The van der Waals surface area contributed by atoms with Crippen LogP contribution in [0.3, 0.4) is 0 Å². The summed E-state index contributed by atoms with van der Waals surface area (Å²) >= 11 is 3.31. The molecule has 0 aliphatic rings. The van der Waals surface area contributed by atoms with Crippen molar-refractivity contribution in [1.82, 2.24) is 9.78 Å². The quantitative estimate of drug-likeness (QED) is 0.837. The Balaban J connectivity index is 2.34. The van der Waals surface area contributed by atoms with Gasteiger partial charge in [-0.05, 0) is 49.6 Å². The highest BCUT2D eigenvalue weighted by Gasteiger charge is 2.10. The van der Waals surface area contributed by atoms with Crippen LogP contribution in [0.5, 0.6) is 0 Å². The molecule has 2 nitrogen and oxygen atoms in total. The summed E-state index contributed by atoms with van der Waals surface area (Å²) in [7, 11) is 0. The lowest BCUT2D eigenvalue weighted by Gasteiger charge is -2.06. The Bertz CT molecular complexity index is 555. The SMILES string of the molecule is CCc1c(C)nn(Cc2cc(F)cc(Br)c2)c1C. The first-order valence-electron chi connectivity index (χ1n) is 5.99. The van der Waals surface area contributed by atoms with Gasteiger partial charge in [-0.2, -0.15) is 5.10 Å². The molecule has 0 N–H and O–H groups in total. The van der Waals surface area contributed by atoms with E-state index in [0.29, 0.717) is 6.54 Å². The zero-order valence-electron chi connectivity index (χ0n) is 10.8. The summed E-state index contributed by atoms with van der Waals surface area (Å²) in [5.41, 5.74) is 4.42. The van der Waals surface area contributed by atoms with E-state index in [1.54, 1.807) is 6.07 Å². The van der Waals surface area contributed by atoms with E-state index >= 15 is 0 Å². The van der Waals surface area contributed by atoms with Crippen molar-refractivity contribution in [3.05, 3.63) is 51.0 Å². The van der Waals surface area contributed by atoms with Gasteiger partial charge in [0.2, 0.25) is 0 Å². The molecule has 2 rings (SSSR count). The van der Waals surface area contributed by atoms with Crippen molar-refractivity contribution in [1.29, 1.82) is 0 Å². The minimum atomic E-state index is -0.225. The van der Waals surface area contributed by atoms with E-state index in [2.05, 4.69) is 34.9 Å². The average Bonchev–Trinajstić information content (AvgIpc) is 2.52. The molecule has 96 valence electrons. The molecule has 0 aliphatic heterocycles. The summed E-state index contributed by atoms with van der Waals surface area (Å²) in [5, 5.41) is 4.51. The Morgan fingerprint density at radius 2 is 2.00 bits per heavy atom. The zero-order valence-corrected chi connectivity index (χ0v) is 12.4. The summed E-state index contributed by atoms with van der Waals surface area (Å²) in [6, 6.07) is 4.93. The summed E-state index contributed by atoms with van der Waals surface area (Å²) in [6.45, 7) is 6.81. The molecule has 2 aromatic rings. The standard InChI is InChI=1S/C14H16BrFN2/c1-4-14-9(2)17-18(10(14)3)8-11-5-12(15)7-13(16)6-11/h5-7H,4,8H2,1-3H3. The molecule has 0 aliphatic carbocycles. The van der Waals surface area contributed by atoms with Crippen molar-refractivity contribution in [2.75, 3.05) is 0 Å². The Labute approximate surface area is 115 Å². The number of hydrogen-bond acceptors (Lipinski definition) is 1. The van der Waals surface area contributed by atoms with Crippen LogP contribution in [0.2, 0.25) is 0 Å². The van der Waals surface area contributed by atoms with Crippen molar-refractivity contribution in [3.8, 4) is 0 Å². The normalized spacial score (nSPS) is 10.9. The molecule has 0 amide bonds. The van der Waals surface area contributed by atoms with Crippen LogP contribution < -0.4 is 0 Å². The molecule has 0 radical (unpaired) electrons. The van der Waals surface area contributed by atoms with Crippen LogP contribution >= 0.6 is 15.9 Å². The lowest BCUT2D eigenvalue weighted by atomic mass is 10.1. The third kappa shape index (κ3) is 2.64. The maximum absolute atomic E-state index is 13.3. The molecule has 0 atom stereocenters. The van der Waals surface area contributed by atoms with Gasteiger partial charge in [-0.1, -0.05) is 22.9 Å². The molecule has 4 heteroatoms. The van der Waals surface area contributed by atoms with Gasteiger partial charge in [0.15, 0.2) is 0 Å². The van der Waals surface area contributed by atoms with Crippen molar-refractivity contribution in [2.24, 2.45) is 0 Å². The van der Waals surface area contributed by atoms with Gasteiger partial charge in [0, 0.05) is 10.2 Å².